The Morgan fingerprint density at radius 2 is 1.95 bits per heavy atom. The molecular formula is C15H15N3O3. The van der Waals surface area contributed by atoms with Crippen molar-refractivity contribution in [3.05, 3.63) is 70.0 Å². The van der Waals surface area contributed by atoms with Crippen LogP contribution in [0.25, 0.3) is 0 Å². The summed E-state index contributed by atoms with van der Waals surface area (Å²) in [5, 5.41) is 11.0. The van der Waals surface area contributed by atoms with E-state index >= 15 is 0 Å². The highest BCUT2D eigenvalue weighted by Crippen LogP contribution is 2.19. The lowest BCUT2D eigenvalue weighted by Crippen LogP contribution is -2.29. The fourth-order valence-electron chi connectivity index (χ4n) is 1.95. The number of nitrogens with zero attached hydrogens (tertiary/aromatic N) is 3. The minimum atomic E-state index is -0.542. The molecule has 0 aliphatic heterocycles. The van der Waals surface area contributed by atoms with Crippen LogP contribution in [0.5, 0.6) is 0 Å². The molecule has 21 heavy (non-hydrogen) atoms. The molecular weight excluding hydrogens is 270 g/mol. The second-order valence-electron chi connectivity index (χ2n) is 4.57. The van der Waals surface area contributed by atoms with E-state index in [2.05, 4.69) is 4.98 Å². The summed E-state index contributed by atoms with van der Waals surface area (Å²) >= 11 is 0. The number of amides is 1. The first-order valence-electron chi connectivity index (χ1n) is 6.48. The molecule has 0 atom stereocenters. The van der Waals surface area contributed by atoms with Crippen LogP contribution in [0, 0.1) is 10.1 Å². The smallest absolute Gasteiger partial charge is 0.282 e. The van der Waals surface area contributed by atoms with Crippen molar-refractivity contribution in [1.29, 1.82) is 0 Å². The summed E-state index contributed by atoms with van der Waals surface area (Å²) < 4.78 is 0. The van der Waals surface area contributed by atoms with Crippen LogP contribution in [0.15, 0.2) is 48.7 Å². The van der Waals surface area contributed by atoms with Gasteiger partial charge in [0.15, 0.2) is 0 Å². The van der Waals surface area contributed by atoms with E-state index < -0.39 is 4.92 Å². The number of hydrogen-bond acceptors (Lipinski definition) is 4. The normalized spacial score (nSPS) is 10.1. The molecule has 2 aromatic rings. The van der Waals surface area contributed by atoms with Crippen molar-refractivity contribution in [2.24, 2.45) is 0 Å². The van der Waals surface area contributed by atoms with Gasteiger partial charge in [-0.3, -0.25) is 19.9 Å². The van der Waals surface area contributed by atoms with Crippen LogP contribution in [0.4, 0.5) is 5.69 Å². The van der Waals surface area contributed by atoms with E-state index in [1.807, 2.05) is 18.2 Å². The highest BCUT2D eigenvalue weighted by atomic mass is 16.6. The van der Waals surface area contributed by atoms with E-state index in [1.54, 1.807) is 25.4 Å². The van der Waals surface area contributed by atoms with Crippen molar-refractivity contribution in [1.82, 2.24) is 9.88 Å². The highest BCUT2D eigenvalue weighted by Gasteiger charge is 2.21. The van der Waals surface area contributed by atoms with Crippen molar-refractivity contribution < 1.29 is 9.72 Å². The van der Waals surface area contributed by atoms with Gasteiger partial charge in [0.25, 0.3) is 11.6 Å². The SMILES string of the molecule is CN(CCc1ccccn1)C(=O)c1ccccc1[N+](=O)[O-]. The van der Waals surface area contributed by atoms with Gasteiger partial charge in [0, 0.05) is 38.0 Å². The van der Waals surface area contributed by atoms with Crippen LogP contribution in [0.1, 0.15) is 16.1 Å². The Bertz CT molecular complexity index is 644. The second kappa shape index (κ2) is 6.60. The number of likely N-dealkylation sites (N-methyl/N-ethyl adjacent to an activating group) is 1. The molecule has 0 radical (unpaired) electrons. The molecule has 0 fully saturated rings. The third-order valence-corrected chi connectivity index (χ3v) is 3.11. The molecule has 1 aromatic carbocycles. The van der Waals surface area contributed by atoms with Gasteiger partial charge in [-0.25, -0.2) is 0 Å². The highest BCUT2D eigenvalue weighted by molar-refractivity contribution is 5.97. The first kappa shape index (κ1) is 14.6. The molecule has 1 heterocycles. The number of nitro benzene ring substituents is 1. The molecule has 0 N–H and O–H groups in total. The fraction of sp³-hybridized carbons (Fsp3) is 0.200. The zero-order valence-corrected chi connectivity index (χ0v) is 11.6. The van der Waals surface area contributed by atoms with E-state index in [0.29, 0.717) is 13.0 Å². The maximum absolute atomic E-state index is 12.3. The molecule has 108 valence electrons. The molecule has 1 aromatic heterocycles. The number of carbonyl (C=O) groups is 1. The molecule has 1 amide bonds. The average Bonchev–Trinajstić information content (AvgIpc) is 2.52. The Kier molecular flexibility index (Phi) is 4.61. The van der Waals surface area contributed by atoms with Crippen molar-refractivity contribution in [3.8, 4) is 0 Å². The minimum absolute atomic E-state index is 0.103. The number of nitro groups is 1. The lowest BCUT2D eigenvalue weighted by molar-refractivity contribution is -0.385. The summed E-state index contributed by atoms with van der Waals surface area (Å²) in [7, 11) is 1.63. The summed E-state index contributed by atoms with van der Waals surface area (Å²) in [5.41, 5.74) is 0.804. The van der Waals surface area contributed by atoms with E-state index in [-0.39, 0.29) is 17.2 Å². The van der Waals surface area contributed by atoms with E-state index in [0.717, 1.165) is 5.69 Å². The maximum Gasteiger partial charge on any atom is 0.282 e. The number of para-hydroxylation sites is 1. The van der Waals surface area contributed by atoms with Crippen molar-refractivity contribution in [2.45, 2.75) is 6.42 Å². The number of carbonyl (C=O) groups excluding carboxylic acids is 1. The lowest BCUT2D eigenvalue weighted by atomic mass is 10.1. The molecule has 0 bridgehead atoms. The molecule has 0 aliphatic carbocycles. The summed E-state index contributed by atoms with van der Waals surface area (Å²) in [6.45, 7) is 0.446. The fourth-order valence-corrected chi connectivity index (χ4v) is 1.95. The van der Waals surface area contributed by atoms with Gasteiger partial charge in [0.05, 0.1) is 4.92 Å². The van der Waals surface area contributed by atoms with Crippen molar-refractivity contribution in [3.63, 3.8) is 0 Å². The summed E-state index contributed by atoms with van der Waals surface area (Å²) in [4.78, 5) is 28.4. The number of rotatable bonds is 5. The lowest BCUT2D eigenvalue weighted by Gasteiger charge is -2.16. The van der Waals surface area contributed by atoms with E-state index in [1.165, 1.54) is 17.0 Å². The van der Waals surface area contributed by atoms with E-state index in [9.17, 15) is 14.9 Å². The second-order valence-corrected chi connectivity index (χ2v) is 4.57. The third-order valence-electron chi connectivity index (χ3n) is 3.11. The third kappa shape index (κ3) is 3.62. The number of aromatic nitrogens is 1. The standard InChI is InChI=1S/C15H15N3O3/c1-17(11-9-12-6-4-5-10-16-12)15(19)13-7-2-3-8-14(13)18(20)21/h2-8,10H,9,11H2,1H3. The van der Waals surface area contributed by atoms with Gasteiger partial charge in [-0.05, 0) is 18.2 Å². The first-order chi connectivity index (χ1) is 10.1. The predicted molar refractivity (Wildman–Crippen MR) is 78.0 cm³/mol. The van der Waals surface area contributed by atoms with Crippen LogP contribution in [0.2, 0.25) is 0 Å². The molecule has 6 nitrogen and oxygen atoms in total. The largest absolute Gasteiger partial charge is 0.341 e. The van der Waals surface area contributed by atoms with Gasteiger partial charge in [-0.15, -0.1) is 0 Å². The Morgan fingerprint density at radius 3 is 2.62 bits per heavy atom. The Labute approximate surface area is 122 Å². The van der Waals surface area contributed by atoms with Crippen LogP contribution in [-0.2, 0) is 6.42 Å². The maximum atomic E-state index is 12.3. The van der Waals surface area contributed by atoms with Gasteiger partial charge in [0.1, 0.15) is 5.56 Å². The number of benzene rings is 1. The van der Waals surface area contributed by atoms with Crippen molar-refractivity contribution >= 4 is 11.6 Å². The van der Waals surface area contributed by atoms with Gasteiger partial charge < -0.3 is 4.90 Å². The predicted octanol–water partition coefficient (Wildman–Crippen LogP) is 2.30. The van der Waals surface area contributed by atoms with Crippen LogP contribution in [0.3, 0.4) is 0 Å². The average molecular weight is 285 g/mol. The zero-order chi connectivity index (χ0) is 15.2. The molecule has 2 rings (SSSR count). The Balaban J connectivity index is 2.08. The molecule has 0 unspecified atom stereocenters. The van der Waals surface area contributed by atoms with Gasteiger partial charge in [-0.2, -0.15) is 0 Å². The first-order valence-corrected chi connectivity index (χ1v) is 6.48. The molecule has 6 heteroatoms. The van der Waals surface area contributed by atoms with Crippen LogP contribution in [-0.4, -0.2) is 34.3 Å². The summed E-state index contributed by atoms with van der Waals surface area (Å²) in [6, 6.07) is 11.5. The summed E-state index contributed by atoms with van der Waals surface area (Å²) in [6.07, 6.45) is 2.29. The number of pyridine rings is 1. The minimum Gasteiger partial charge on any atom is -0.341 e. The quantitative estimate of drug-likeness (QED) is 0.624. The molecule has 0 saturated carbocycles. The number of hydrogen-bond donors (Lipinski definition) is 0. The monoisotopic (exact) mass is 285 g/mol. The molecule has 0 saturated heterocycles. The molecule has 0 aliphatic rings. The van der Waals surface area contributed by atoms with Gasteiger partial charge >= 0.3 is 0 Å². The molecule has 0 spiro atoms. The Morgan fingerprint density at radius 1 is 1.24 bits per heavy atom. The summed E-state index contributed by atoms with van der Waals surface area (Å²) in [5.74, 6) is -0.363. The Hall–Kier alpha value is -2.76. The van der Waals surface area contributed by atoms with Gasteiger partial charge in [0.2, 0.25) is 0 Å². The van der Waals surface area contributed by atoms with E-state index in [4.69, 9.17) is 0 Å². The van der Waals surface area contributed by atoms with Gasteiger partial charge in [-0.1, -0.05) is 18.2 Å². The van der Waals surface area contributed by atoms with Crippen molar-refractivity contribution in [2.75, 3.05) is 13.6 Å². The van der Waals surface area contributed by atoms with Crippen LogP contribution < -0.4 is 0 Å². The topological polar surface area (TPSA) is 76.3 Å². The van der Waals surface area contributed by atoms with Crippen LogP contribution >= 0.6 is 0 Å². The zero-order valence-electron chi connectivity index (χ0n) is 11.6.